The minimum absolute atomic E-state index is 0.0183. The Morgan fingerprint density at radius 3 is 2.38 bits per heavy atom. The van der Waals surface area contributed by atoms with Crippen LogP contribution in [0.15, 0.2) is 60.7 Å². The van der Waals surface area contributed by atoms with Crippen LogP contribution < -0.4 is 5.73 Å². The summed E-state index contributed by atoms with van der Waals surface area (Å²) in [7, 11) is 0. The average molecular weight is 277 g/mol. The van der Waals surface area contributed by atoms with Crippen molar-refractivity contribution in [3.63, 3.8) is 0 Å². The summed E-state index contributed by atoms with van der Waals surface area (Å²) in [5.74, 6) is 0. The number of nitrogens with two attached hydrogens (primary N) is 1. The molecule has 2 N–H and O–H groups in total. The second kappa shape index (κ2) is 5.50. The molecule has 1 aliphatic rings. The molecule has 108 valence electrons. The third-order valence-corrected chi connectivity index (χ3v) is 4.58. The van der Waals surface area contributed by atoms with Gasteiger partial charge in [-0.15, -0.1) is 0 Å². The third-order valence-electron chi connectivity index (χ3n) is 4.58. The molecule has 1 nitrogen and oxygen atoms in total. The van der Waals surface area contributed by atoms with Crippen LogP contribution in [-0.4, -0.2) is 6.04 Å². The molecule has 0 heterocycles. The molecule has 0 saturated heterocycles. The first-order valence-electron chi connectivity index (χ1n) is 7.74. The lowest BCUT2D eigenvalue weighted by atomic mass is 9.72. The minimum atomic E-state index is -0.0183. The summed E-state index contributed by atoms with van der Waals surface area (Å²) < 4.78 is 0. The van der Waals surface area contributed by atoms with Gasteiger partial charge in [-0.2, -0.15) is 0 Å². The second-order valence-corrected chi connectivity index (χ2v) is 6.23. The van der Waals surface area contributed by atoms with E-state index in [0.717, 1.165) is 12.8 Å². The molecule has 0 aromatic heterocycles. The van der Waals surface area contributed by atoms with Gasteiger partial charge in [0.1, 0.15) is 0 Å². The molecule has 0 amide bonds. The van der Waals surface area contributed by atoms with Crippen molar-refractivity contribution in [2.45, 2.75) is 38.1 Å². The fourth-order valence-corrected chi connectivity index (χ4v) is 3.52. The van der Waals surface area contributed by atoms with Gasteiger partial charge >= 0.3 is 0 Å². The summed E-state index contributed by atoms with van der Waals surface area (Å²) in [5.41, 5.74) is 11.6. The van der Waals surface area contributed by atoms with Gasteiger partial charge in [-0.05, 0) is 49.0 Å². The van der Waals surface area contributed by atoms with Gasteiger partial charge < -0.3 is 5.73 Å². The zero-order valence-corrected chi connectivity index (χ0v) is 12.8. The van der Waals surface area contributed by atoms with Crippen LogP contribution in [0.4, 0.5) is 0 Å². The van der Waals surface area contributed by atoms with Crippen molar-refractivity contribution in [3.8, 4) is 0 Å². The van der Waals surface area contributed by atoms with E-state index in [1.54, 1.807) is 0 Å². The lowest BCUT2D eigenvalue weighted by Crippen LogP contribution is -2.27. The first-order chi connectivity index (χ1) is 10.1. The predicted octanol–water partition coefficient (Wildman–Crippen LogP) is 4.52. The molecule has 1 aliphatic carbocycles. The summed E-state index contributed by atoms with van der Waals surface area (Å²) in [5, 5.41) is 0. The van der Waals surface area contributed by atoms with Gasteiger partial charge in [-0.3, -0.25) is 0 Å². The number of hydrogen-bond acceptors (Lipinski definition) is 1. The Balaban J connectivity index is 2.15. The molecule has 2 aromatic carbocycles. The van der Waals surface area contributed by atoms with Gasteiger partial charge in [0.15, 0.2) is 0 Å². The van der Waals surface area contributed by atoms with Crippen molar-refractivity contribution >= 4 is 5.57 Å². The molecular formula is C20H23N. The Morgan fingerprint density at radius 1 is 1.00 bits per heavy atom. The first-order valence-corrected chi connectivity index (χ1v) is 7.74. The van der Waals surface area contributed by atoms with Gasteiger partial charge in [-0.1, -0.05) is 60.7 Å². The Hall–Kier alpha value is -1.86. The van der Waals surface area contributed by atoms with Crippen molar-refractivity contribution in [1.82, 2.24) is 0 Å². The van der Waals surface area contributed by atoms with E-state index in [1.165, 1.54) is 22.3 Å². The summed E-state index contributed by atoms with van der Waals surface area (Å²) in [4.78, 5) is 0. The maximum Gasteiger partial charge on any atom is 0.0394 e. The molecular weight excluding hydrogens is 254 g/mol. The van der Waals surface area contributed by atoms with E-state index in [1.807, 2.05) is 0 Å². The normalized spacial score (nSPS) is 21.8. The van der Waals surface area contributed by atoms with Crippen LogP contribution in [0.1, 0.15) is 43.4 Å². The fraction of sp³-hybridized carbons (Fsp3) is 0.300. The summed E-state index contributed by atoms with van der Waals surface area (Å²) >= 11 is 0. The number of benzene rings is 2. The quantitative estimate of drug-likeness (QED) is 0.873. The highest BCUT2D eigenvalue weighted by atomic mass is 14.6. The summed E-state index contributed by atoms with van der Waals surface area (Å²) in [6.07, 6.45) is 4.52. The third kappa shape index (κ3) is 2.43. The summed E-state index contributed by atoms with van der Waals surface area (Å²) in [6.45, 7) is 4.31. The molecule has 21 heavy (non-hydrogen) atoms. The van der Waals surface area contributed by atoms with Crippen LogP contribution in [-0.2, 0) is 5.41 Å². The lowest BCUT2D eigenvalue weighted by molar-refractivity contribution is 0.515. The zero-order chi connectivity index (χ0) is 14.9. The van der Waals surface area contributed by atoms with Crippen molar-refractivity contribution in [2.24, 2.45) is 5.73 Å². The van der Waals surface area contributed by atoms with Gasteiger partial charge in [0.2, 0.25) is 0 Å². The summed E-state index contributed by atoms with van der Waals surface area (Å²) in [6, 6.07) is 19.8. The van der Waals surface area contributed by atoms with Gasteiger partial charge in [0, 0.05) is 11.5 Å². The van der Waals surface area contributed by atoms with Gasteiger partial charge in [-0.25, -0.2) is 0 Å². The van der Waals surface area contributed by atoms with Crippen molar-refractivity contribution < 1.29 is 0 Å². The highest BCUT2D eigenvalue weighted by molar-refractivity contribution is 5.77. The van der Waals surface area contributed by atoms with E-state index in [9.17, 15) is 0 Å². The molecule has 3 rings (SSSR count). The van der Waals surface area contributed by atoms with Crippen molar-refractivity contribution in [1.29, 1.82) is 0 Å². The number of fused-ring (bicyclic) bond motifs is 1. The predicted molar refractivity (Wildman–Crippen MR) is 90.2 cm³/mol. The molecule has 2 unspecified atom stereocenters. The molecule has 2 atom stereocenters. The second-order valence-electron chi connectivity index (χ2n) is 6.23. The minimum Gasteiger partial charge on any atom is -0.328 e. The highest BCUT2D eigenvalue weighted by Crippen LogP contribution is 2.47. The Kier molecular flexibility index (Phi) is 3.69. The molecule has 0 bridgehead atoms. The van der Waals surface area contributed by atoms with E-state index in [2.05, 4.69) is 74.5 Å². The number of allylic oxidation sites excluding steroid dienone is 2. The molecule has 0 spiro atoms. The van der Waals surface area contributed by atoms with Crippen LogP contribution in [0.5, 0.6) is 0 Å². The molecule has 0 saturated carbocycles. The first kappa shape index (κ1) is 14.1. The smallest absolute Gasteiger partial charge is 0.0394 e. The van der Waals surface area contributed by atoms with Crippen LogP contribution in [0.3, 0.4) is 0 Å². The zero-order valence-electron chi connectivity index (χ0n) is 12.8. The Morgan fingerprint density at radius 2 is 1.67 bits per heavy atom. The molecule has 2 aromatic rings. The monoisotopic (exact) mass is 277 g/mol. The fourth-order valence-electron chi connectivity index (χ4n) is 3.52. The van der Waals surface area contributed by atoms with Gasteiger partial charge in [0.25, 0.3) is 0 Å². The highest BCUT2D eigenvalue weighted by Gasteiger charge is 2.37. The topological polar surface area (TPSA) is 26.0 Å². The molecule has 1 heteroatoms. The van der Waals surface area contributed by atoms with Crippen molar-refractivity contribution in [2.75, 3.05) is 0 Å². The van der Waals surface area contributed by atoms with Crippen LogP contribution >= 0.6 is 0 Å². The van der Waals surface area contributed by atoms with E-state index in [-0.39, 0.29) is 11.5 Å². The van der Waals surface area contributed by atoms with Crippen LogP contribution in [0, 0.1) is 0 Å². The molecule has 0 radical (unpaired) electrons. The molecule has 0 fully saturated rings. The molecule has 0 aliphatic heterocycles. The van der Waals surface area contributed by atoms with Crippen molar-refractivity contribution in [3.05, 3.63) is 77.4 Å². The maximum atomic E-state index is 6.04. The van der Waals surface area contributed by atoms with E-state index in [0.29, 0.717) is 0 Å². The van der Waals surface area contributed by atoms with Crippen LogP contribution in [0.2, 0.25) is 0 Å². The van der Waals surface area contributed by atoms with E-state index in [4.69, 9.17) is 5.73 Å². The van der Waals surface area contributed by atoms with E-state index < -0.39 is 0 Å². The Bertz CT molecular complexity index is 655. The SMILES string of the molecule is CC1=CC(CCC(C)N)(c2ccccc2)c2ccccc21. The Labute approximate surface area is 127 Å². The maximum absolute atomic E-state index is 6.04. The van der Waals surface area contributed by atoms with Gasteiger partial charge in [0.05, 0.1) is 0 Å². The van der Waals surface area contributed by atoms with Crippen LogP contribution in [0.25, 0.3) is 5.57 Å². The lowest BCUT2D eigenvalue weighted by Gasteiger charge is -2.31. The largest absolute Gasteiger partial charge is 0.328 e. The average Bonchev–Trinajstić information content (AvgIpc) is 2.80. The van der Waals surface area contributed by atoms with E-state index >= 15 is 0 Å². The number of rotatable bonds is 4. The number of hydrogen-bond donors (Lipinski definition) is 1. The standard InChI is InChI=1S/C20H23N/c1-15-14-20(13-12-16(2)21,17-8-4-3-5-9-17)19-11-7-6-10-18(15)19/h3-11,14,16H,12-13,21H2,1-2H3.